The van der Waals surface area contributed by atoms with E-state index in [4.69, 9.17) is 4.74 Å². The summed E-state index contributed by atoms with van der Waals surface area (Å²) >= 11 is 1.34. The standard InChI is InChI=1S/C13H13NO2S/c1-14(2)10-4-3-5-11(8-10)16-13-7-6-12(9-15)17-13/h3-9H,1-2H3. The van der Waals surface area contributed by atoms with Crippen molar-refractivity contribution >= 4 is 23.3 Å². The number of benzene rings is 1. The Balaban J connectivity index is 2.17. The molecule has 0 amide bonds. The SMILES string of the molecule is CN(C)c1cccc(Oc2ccc(C=O)s2)c1. The quantitative estimate of drug-likeness (QED) is 0.775. The van der Waals surface area contributed by atoms with Gasteiger partial charge in [-0.15, -0.1) is 0 Å². The Bertz CT molecular complexity index is 520. The summed E-state index contributed by atoms with van der Waals surface area (Å²) in [5.74, 6) is 0.774. The van der Waals surface area contributed by atoms with Crippen LogP contribution in [-0.4, -0.2) is 20.4 Å². The van der Waals surface area contributed by atoms with Gasteiger partial charge in [0.15, 0.2) is 11.3 Å². The number of hydrogen-bond acceptors (Lipinski definition) is 4. The summed E-state index contributed by atoms with van der Waals surface area (Å²) in [7, 11) is 3.96. The summed E-state index contributed by atoms with van der Waals surface area (Å²) in [5.41, 5.74) is 1.08. The van der Waals surface area contributed by atoms with Crippen molar-refractivity contribution in [3.05, 3.63) is 41.3 Å². The van der Waals surface area contributed by atoms with Crippen LogP contribution < -0.4 is 9.64 Å². The highest BCUT2D eigenvalue weighted by Crippen LogP contribution is 2.30. The number of nitrogens with zero attached hydrogens (tertiary/aromatic N) is 1. The number of anilines is 1. The van der Waals surface area contributed by atoms with E-state index >= 15 is 0 Å². The van der Waals surface area contributed by atoms with Gasteiger partial charge in [0.05, 0.1) is 4.88 Å². The molecule has 88 valence electrons. The van der Waals surface area contributed by atoms with Gasteiger partial charge in [-0.3, -0.25) is 4.79 Å². The average Bonchev–Trinajstić information content (AvgIpc) is 2.77. The zero-order chi connectivity index (χ0) is 12.3. The fourth-order valence-corrected chi connectivity index (χ4v) is 2.08. The number of thiophene rings is 1. The lowest BCUT2D eigenvalue weighted by atomic mass is 10.3. The second-order valence-corrected chi connectivity index (χ2v) is 4.85. The summed E-state index contributed by atoms with van der Waals surface area (Å²) < 4.78 is 5.68. The zero-order valence-electron chi connectivity index (χ0n) is 9.71. The Morgan fingerprint density at radius 1 is 1.24 bits per heavy atom. The van der Waals surface area contributed by atoms with Crippen LogP contribution in [0.4, 0.5) is 5.69 Å². The molecule has 0 aliphatic heterocycles. The second kappa shape index (κ2) is 5.01. The van der Waals surface area contributed by atoms with Crippen LogP contribution in [0.3, 0.4) is 0 Å². The molecule has 0 radical (unpaired) electrons. The minimum atomic E-state index is 0.670. The number of carbonyl (C=O) groups excluding carboxylic acids is 1. The van der Waals surface area contributed by atoms with Crippen molar-refractivity contribution in [2.75, 3.05) is 19.0 Å². The Hall–Kier alpha value is -1.81. The number of aldehydes is 1. The Labute approximate surface area is 104 Å². The predicted octanol–water partition coefficient (Wildman–Crippen LogP) is 3.42. The van der Waals surface area contributed by atoms with E-state index in [1.54, 1.807) is 12.1 Å². The van der Waals surface area contributed by atoms with Crippen LogP contribution in [0.5, 0.6) is 10.8 Å². The minimum Gasteiger partial charge on any atom is -0.447 e. The first-order chi connectivity index (χ1) is 8.19. The summed E-state index contributed by atoms with van der Waals surface area (Å²) in [6, 6.07) is 11.4. The molecule has 3 nitrogen and oxygen atoms in total. The normalized spacial score (nSPS) is 10.0. The maximum atomic E-state index is 10.6. The largest absolute Gasteiger partial charge is 0.447 e. The molecule has 2 rings (SSSR count). The number of carbonyl (C=O) groups is 1. The summed E-state index contributed by atoms with van der Waals surface area (Å²) in [6.45, 7) is 0. The van der Waals surface area contributed by atoms with Gasteiger partial charge in [0.25, 0.3) is 0 Å². The lowest BCUT2D eigenvalue weighted by molar-refractivity contribution is 0.112. The summed E-state index contributed by atoms with van der Waals surface area (Å²) in [5, 5.41) is 0.725. The summed E-state index contributed by atoms with van der Waals surface area (Å²) in [4.78, 5) is 13.2. The molecule has 0 bridgehead atoms. The molecule has 0 aliphatic rings. The highest BCUT2D eigenvalue weighted by atomic mass is 32.1. The molecule has 0 fully saturated rings. The molecule has 1 aromatic heterocycles. The number of ether oxygens (including phenoxy) is 1. The van der Waals surface area contributed by atoms with Gasteiger partial charge in [0.2, 0.25) is 0 Å². The van der Waals surface area contributed by atoms with Gasteiger partial charge in [-0.05, 0) is 24.3 Å². The van der Waals surface area contributed by atoms with Crippen LogP contribution in [0, 0.1) is 0 Å². The number of hydrogen-bond donors (Lipinski definition) is 0. The number of rotatable bonds is 4. The van der Waals surface area contributed by atoms with Gasteiger partial charge in [-0.25, -0.2) is 0 Å². The molecule has 0 saturated carbocycles. The van der Waals surface area contributed by atoms with Gasteiger partial charge in [0, 0.05) is 25.8 Å². The fourth-order valence-electron chi connectivity index (χ4n) is 1.39. The van der Waals surface area contributed by atoms with Gasteiger partial charge in [-0.1, -0.05) is 17.4 Å². The maximum absolute atomic E-state index is 10.6. The van der Waals surface area contributed by atoms with Gasteiger partial charge in [0.1, 0.15) is 5.75 Å². The molecule has 0 unspecified atom stereocenters. The van der Waals surface area contributed by atoms with E-state index in [1.807, 2.05) is 43.3 Å². The Kier molecular flexibility index (Phi) is 3.44. The third kappa shape index (κ3) is 2.85. The first kappa shape index (κ1) is 11.7. The highest BCUT2D eigenvalue weighted by molar-refractivity contribution is 7.15. The van der Waals surface area contributed by atoms with Gasteiger partial charge >= 0.3 is 0 Å². The van der Waals surface area contributed by atoms with Gasteiger partial charge < -0.3 is 9.64 Å². The fraction of sp³-hybridized carbons (Fsp3) is 0.154. The minimum absolute atomic E-state index is 0.670. The van der Waals surface area contributed by atoms with Crippen molar-refractivity contribution in [1.82, 2.24) is 0 Å². The second-order valence-electron chi connectivity index (χ2n) is 3.77. The molecular weight excluding hydrogens is 234 g/mol. The van der Waals surface area contributed by atoms with Crippen molar-refractivity contribution in [1.29, 1.82) is 0 Å². The lowest BCUT2D eigenvalue weighted by Crippen LogP contribution is -2.08. The molecule has 0 saturated heterocycles. The molecule has 1 aromatic carbocycles. The van der Waals surface area contributed by atoms with E-state index in [9.17, 15) is 4.79 Å². The molecule has 17 heavy (non-hydrogen) atoms. The molecule has 0 spiro atoms. The van der Waals surface area contributed by atoms with Crippen LogP contribution in [0.25, 0.3) is 0 Å². The molecule has 2 aromatic rings. The van der Waals surface area contributed by atoms with E-state index in [0.29, 0.717) is 4.88 Å². The highest BCUT2D eigenvalue weighted by Gasteiger charge is 2.03. The van der Waals surface area contributed by atoms with E-state index in [1.165, 1.54) is 11.3 Å². The van der Waals surface area contributed by atoms with Crippen LogP contribution in [-0.2, 0) is 0 Å². The van der Waals surface area contributed by atoms with E-state index in [0.717, 1.165) is 22.8 Å². The molecule has 4 heteroatoms. The Morgan fingerprint density at radius 2 is 2.06 bits per heavy atom. The van der Waals surface area contributed by atoms with Gasteiger partial charge in [-0.2, -0.15) is 0 Å². The van der Waals surface area contributed by atoms with Crippen molar-refractivity contribution in [2.24, 2.45) is 0 Å². The first-order valence-electron chi connectivity index (χ1n) is 5.19. The van der Waals surface area contributed by atoms with Crippen LogP contribution >= 0.6 is 11.3 Å². The van der Waals surface area contributed by atoms with Crippen molar-refractivity contribution in [3.63, 3.8) is 0 Å². The Morgan fingerprint density at radius 3 is 2.71 bits per heavy atom. The smallest absolute Gasteiger partial charge is 0.181 e. The monoisotopic (exact) mass is 247 g/mol. The van der Waals surface area contributed by atoms with E-state index in [2.05, 4.69) is 0 Å². The lowest BCUT2D eigenvalue weighted by Gasteiger charge is -2.13. The predicted molar refractivity (Wildman–Crippen MR) is 70.5 cm³/mol. The zero-order valence-corrected chi connectivity index (χ0v) is 10.5. The van der Waals surface area contributed by atoms with Crippen molar-refractivity contribution < 1.29 is 9.53 Å². The maximum Gasteiger partial charge on any atom is 0.181 e. The average molecular weight is 247 g/mol. The van der Waals surface area contributed by atoms with Crippen molar-refractivity contribution in [3.8, 4) is 10.8 Å². The van der Waals surface area contributed by atoms with E-state index in [-0.39, 0.29) is 0 Å². The summed E-state index contributed by atoms with van der Waals surface area (Å²) in [6.07, 6.45) is 0.827. The third-order valence-electron chi connectivity index (χ3n) is 2.27. The first-order valence-corrected chi connectivity index (χ1v) is 6.01. The van der Waals surface area contributed by atoms with Crippen LogP contribution in [0.1, 0.15) is 9.67 Å². The molecular formula is C13H13NO2S. The molecule has 0 atom stereocenters. The van der Waals surface area contributed by atoms with Crippen LogP contribution in [0.2, 0.25) is 0 Å². The van der Waals surface area contributed by atoms with Crippen molar-refractivity contribution in [2.45, 2.75) is 0 Å². The molecule has 1 heterocycles. The van der Waals surface area contributed by atoms with E-state index < -0.39 is 0 Å². The van der Waals surface area contributed by atoms with Crippen LogP contribution in [0.15, 0.2) is 36.4 Å². The molecule has 0 aliphatic carbocycles. The third-order valence-corrected chi connectivity index (χ3v) is 3.16. The topological polar surface area (TPSA) is 29.5 Å². The molecule has 0 N–H and O–H groups in total.